The second-order valence-electron chi connectivity index (χ2n) is 9.68. The number of halogens is 1. The van der Waals surface area contributed by atoms with Crippen molar-refractivity contribution in [1.82, 2.24) is 34.8 Å². The summed E-state index contributed by atoms with van der Waals surface area (Å²) in [4.78, 5) is 28.8. The van der Waals surface area contributed by atoms with E-state index in [-0.39, 0.29) is 6.03 Å². The van der Waals surface area contributed by atoms with Gasteiger partial charge in [0.15, 0.2) is 5.13 Å². The summed E-state index contributed by atoms with van der Waals surface area (Å²) >= 11 is 7.82. The zero-order chi connectivity index (χ0) is 30.1. The van der Waals surface area contributed by atoms with Crippen molar-refractivity contribution in [2.75, 3.05) is 18.4 Å². The second-order valence-corrected chi connectivity index (χ2v) is 11.3. The fourth-order valence-electron chi connectivity index (χ4n) is 4.63. The monoisotopic (exact) mass is 618 g/mol. The lowest BCUT2D eigenvalue weighted by atomic mass is 9.97. The Hall–Kier alpha value is -5.19. The average Bonchev–Trinajstić information content (AvgIpc) is 3.74. The van der Waals surface area contributed by atoms with Crippen LogP contribution >= 0.6 is 22.9 Å². The van der Waals surface area contributed by atoms with E-state index in [1.807, 2.05) is 60.7 Å². The lowest BCUT2D eigenvalue weighted by Gasteiger charge is -2.21. The van der Waals surface area contributed by atoms with Crippen LogP contribution in [0, 0.1) is 0 Å². The van der Waals surface area contributed by atoms with Gasteiger partial charge in [-0.1, -0.05) is 107 Å². The Balaban J connectivity index is 1.23. The summed E-state index contributed by atoms with van der Waals surface area (Å²) in [6, 6.07) is 29.4. The first-order valence-corrected chi connectivity index (χ1v) is 15.1. The maximum atomic E-state index is 13.7. The van der Waals surface area contributed by atoms with E-state index >= 15 is 0 Å². The zero-order valence-electron chi connectivity index (χ0n) is 23.5. The lowest BCUT2D eigenvalue weighted by Crippen LogP contribution is -2.37. The minimum absolute atomic E-state index is 0.295. The van der Waals surface area contributed by atoms with Gasteiger partial charge in [0, 0.05) is 37.5 Å². The highest BCUT2D eigenvalue weighted by atomic mass is 35.5. The zero-order valence-corrected chi connectivity index (χ0v) is 25.1. The largest absolute Gasteiger partial charge is 0.323 e. The number of rotatable bonds is 10. The molecule has 1 N–H and O–H groups in total. The summed E-state index contributed by atoms with van der Waals surface area (Å²) in [5, 5.41) is 11.2. The molecule has 0 saturated carbocycles. The van der Waals surface area contributed by atoms with Crippen LogP contribution in [0.25, 0.3) is 22.5 Å². The van der Waals surface area contributed by atoms with Crippen LogP contribution in [0.5, 0.6) is 0 Å². The number of urea groups is 1. The molecule has 0 aliphatic heterocycles. The predicted molar refractivity (Wildman–Crippen MR) is 174 cm³/mol. The standard InChI is InChI=1S/C33H27ClN8OS/c34-31-30(26-12-14-27(15-13-26)42-23-20-37-40-42)38-32(44-31)39-33(43)41(22-17-29-35-18-7-19-36-29)21-16-28(24-8-3-1-4-9-24)25-10-5-2-6-11-25/h1-16,18-20,23H,17,21-22H2,(H,38,39,43). The first-order chi connectivity index (χ1) is 21.6. The van der Waals surface area contributed by atoms with Crippen molar-refractivity contribution in [3.05, 3.63) is 143 Å². The molecule has 6 aromatic rings. The molecule has 0 bridgehead atoms. The number of carbonyl (C=O) groups excluding carboxylic acids is 1. The molecule has 2 amide bonds. The van der Waals surface area contributed by atoms with Crippen LogP contribution in [0.3, 0.4) is 0 Å². The number of hydrogen-bond donors (Lipinski definition) is 1. The summed E-state index contributed by atoms with van der Waals surface area (Å²) < 4.78 is 2.15. The van der Waals surface area contributed by atoms with Crippen LogP contribution in [0.2, 0.25) is 4.34 Å². The molecule has 9 nitrogen and oxygen atoms in total. The third-order valence-corrected chi connectivity index (χ3v) is 7.99. The molecule has 0 aliphatic carbocycles. The number of carbonyl (C=O) groups is 1. The molecule has 0 spiro atoms. The Morgan fingerprint density at radius 1 is 0.886 bits per heavy atom. The topological polar surface area (TPSA) is 102 Å². The Bertz CT molecular complexity index is 1790. The fourth-order valence-corrected chi connectivity index (χ4v) is 5.71. The molecule has 0 atom stereocenters. The van der Waals surface area contributed by atoms with E-state index in [4.69, 9.17) is 11.6 Å². The summed E-state index contributed by atoms with van der Waals surface area (Å²) in [6.45, 7) is 0.756. The van der Waals surface area contributed by atoms with Gasteiger partial charge in [0.1, 0.15) is 15.9 Å². The molecule has 3 heterocycles. The highest BCUT2D eigenvalue weighted by molar-refractivity contribution is 7.20. The van der Waals surface area contributed by atoms with Crippen LogP contribution in [0.4, 0.5) is 9.93 Å². The minimum atomic E-state index is -0.295. The van der Waals surface area contributed by atoms with Crippen molar-refractivity contribution in [1.29, 1.82) is 0 Å². The molecule has 3 aromatic heterocycles. The van der Waals surface area contributed by atoms with E-state index in [0.29, 0.717) is 40.5 Å². The van der Waals surface area contributed by atoms with Crippen LogP contribution < -0.4 is 5.32 Å². The van der Waals surface area contributed by atoms with E-state index in [0.717, 1.165) is 28.0 Å². The molecule has 0 saturated heterocycles. The maximum absolute atomic E-state index is 13.7. The third-order valence-electron chi connectivity index (χ3n) is 6.82. The molecule has 0 radical (unpaired) electrons. The summed E-state index contributed by atoms with van der Waals surface area (Å²) in [7, 11) is 0. The average molecular weight is 619 g/mol. The van der Waals surface area contributed by atoms with Crippen LogP contribution in [0.15, 0.2) is 122 Å². The molecule has 218 valence electrons. The first-order valence-electron chi connectivity index (χ1n) is 13.9. The van der Waals surface area contributed by atoms with Gasteiger partial charge < -0.3 is 4.90 Å². The summed E-state index contributed by atoms with van der Waals surface area (Å²) in [5.41, 5.74) is 5.45. The second kappa shape index (κ2) is 13.9. The highest BCUT2D eigenvalue weighted by Crippen LogP contribution is 2.35. The number of hydrogen-bond acceptors (Lipinski definition) is 7. The number of nitrogens with one attached hydrogen (secondary N) is 1. The molecule has 6 rings (SSSR count). The third kappa shape index (κ3) is 7.05. The van der Waals surface area contributed by atoms with E-state index in [9.17, 15) is 4.79 Å². The summed E-state index contributed by atoms with van der Waals surface area (Å²) in [6.07, 6.45) is 9.37. The van der Waals surface area contributed by atoms with Crippen molar-refractivity contribution >= 4 is 39.7 Å². The van der Waals surface area contributed by atoms with Crippen molar-refractivity contribution in [2.45, 2.75) is 6.42 Å². The molecule has 11 heteroatoms. The van der Waals surface area contributed by atoms with Gasteiger partial charge in [-0.25, -0.2) is 24.4 Å². The maximum Gasteiger partial charge on any atom is 0.323 e. The Morgan fingerprint density at radius 3 is 2.20 bits per heavy atom. The highest BCUT2D eigenvalue weighted by Gasteiger charge is 2.19. The van der Waals surface area contributed by atoms with E-state index < -0.39 is 0 Å². The van der Waals surface area contributed by atoms with Gasteiger partial charge in [-0.2, -0.15) is 0 Å². The van der Waals surface area contributed by atoms with E-state index in [1.165, 1.54) is 11.3 Å². The van der Waals surface area contributed by atoms with Crippen molar-refractivity contribution < 1.29 is 4.79 Å². The predicted octanol–water partition coefficient (Wildman–Crippen LogP) is 7.04. The van der Waals surface area contributed by atoms with Crippen LogP contribution in [0.1, 0.15) is 17.0 Å². The van der Waals surface area contributed by atoms with Crippen molar-refractivity contribution in [3.8, 4) is 16.9 Å². The van der Waals surface area contributed by atoms with Crippen molar-refractivity contribution in [3.63, 3.8) is 0 Å². The van der Waals surface area contributed by atoms with Gasteiger partial charge >= 0.3 is 6.03 Å². The molecule has 0 fully saturated rings. The summed E-state index contributed by atoms with van der Waals surface area (Å²) in [5.74, 6) is 0.662. The minimum Gasteiger partial charge on any atom is -0.320 e. The van der Waals surface area contributed by atoms with Crippen LogP contribution in [-0.2, 0) is 6.42 Å². The number of aromatic nitrogens is 6. The Labute approximate surface area is 263 Å². The molecule has 0 unspecified atom stereocenters. The van der Waals surface area contributed by atoms with Gasteiger partial charge in [0.05, 0.1) is 18.1 Å². The normalized spacial score (nSPS) is 10.8. The van der Waals surface area contributed by atoms with E-state index in [1.54, 1.807) is 40.4 Å². The molecule has 44 heavy (non-hydrogen) atoms. The molecular formula is C33H27ClN8OS. The smallest absolute Gasteiger partial charge is 0.320 e. The quantitative estimate of drug-likeness (QED) is 0.177. The number of nitrogens with zero attached hydrogens (tertiary/aromatic N) is 7. The number of anilines is 1. The van der Waals surface area contributed by atoms with Crippen molar-refractivity contribution in [2.24, 2.45) is 0 Å². The van der Waals surface area contributed by atoms with Gasteiger partial charge in [0.25, 0.3) is 0 Å². The molecule has 3 aromatic carbocycles. The Morgan fingerprint density at radius 2 is 1.57 bits per heavy atom. The Kier molecular flexibility index (Phi) is 9.10. The van der Waals surface area contributed by atoms with Gasteiger partial charge in [-0.05, 0) is 34.9 Å². The molecular weight excluding hydrogens is 592 g/mol. The van der Waals surface area contributed by atoms with Gasteiger partial charge in [-0.3, -0.25) is 5.32 Å². The number of thiazole rings is 1. The van der Waals surface area contributed by atoms with Crippen LogP contribution in [-0.4, -0.2) is 54.0 Å². The van der Waals surface area contributed by atoms with Gasteiger partial charge in [0.2, 0.25) is 0 Å². The van der Waals surface area contributed by atoms with Gasteiger partial charge in [-0.15, -0.1) is 5.10 Å². The SMILES string of the molecule is O=C(Nc1nc(-c2ccc(-n3ccnn3)cc2)c(Cl)s1)N(CC=C(c1ccccc1)c1ccccc1)CCc1ncccn1. The number of amides is 2. The number of benzene rings is 3. The molecule has 0 aliphatic rings. The first kappa shape index (κ1) is 28.9. The van der Waals surface area contributed by atoms with E-state index in [2.05, 4.69) is 60.9 Å². The lowest BCUT2D eigenvalue weighted by molar-refractivity contribution is 0.217. The fraction of sp³-hybridized carbons (Fsp3) is 0.0909.